The van der Waals surface area contributed by atoms with Crippen LogP contribution in [-0.4, -0.2) is 23.3 Å². The van der Waals surface area contributed by atoms with Gasteiger partial charge in [0.25, 0.3) is 5.78 Å². The molecule has 0 aliphatic heterocycles. The number of pyridine rings is 1. The predicted octanol–water partition coefficient (Wildman–Crippen LogP) is -2.94. The van der Waals surface area contributed by atoms with Gasteiger partial charge in [0.15, 0.2) is 0 Å². The van der Waals surface area contributed by atoms with Crippen molar-refractivity contribution in [3.05, 3.63) is 35.9 Å². The summed E-state index contributed by atoms with van der Waals surface area (Å²) in [6.45, 7) is 1.57. The molecule has 0 bridgehead atoms. The van der Waals surface area contributed by atoms with Gasteiger partial charge in [-0.2, -0.15) is 0 Å². The zero-order chi connectivity index (χ0) is 12.8. The van der Waals surface area contributed by atoms with Crippen LogP contribution in [-0.2, 0) is 14.3 Å². The average Bonchev–Trinajstić information content (AvgIpc) is 2.29. The van der Waals surface area contributed by atoms with E-state index in [-0.39, 0.29) is 31.0 Å². The number of carbonyl (C=O) groups excluding carboxylic acids is 2. The fraction of sp³-hybridized carbons (Fsp3) is 0.182. The first-order valence-electron chi connectivity index (χ1n) is 4.75. The number of ether oxygens (including phenoxy) is 1. The summed E-state index contributed by atoms with van der Waals surface area (Å²) in [6.07, 6.45) is 2.57. The molecule has 0 saturated carbocycles. The molecule has 1 rings (SSSR count). The van der Waals surface area contributed by atoms with Crippen molar-refractivity contribution >= 4 is 17.5 Å². The smallest absolute Gasteiger partial charge is 0.872 e. The van der Waals surface area contributed by atoms with E-state index in [1.807, 2.05) is 0 Å². The fourth-order valence-electron chi connectivity index (χ4n) is 1.01. The van der Waals surface area contributed by atoms with Crippen LogP contribution in [0.3, 0.4) is 0 Å². The van der Waals surface area contributed by atoms with Gasteiger partial charge in [-0.1, -0.05) is 5.76 Å². The normalized spacial score (nSPS) is 10.4. The van der Waals surface area contributed by atoms with Gasteiger partial charge in [-0.05, 0) is 24.6 Å². The standard InChI is InChI=1S/C11H10FNO4.Li/c1-2-17-11(16)10(15)4-9(14)7-3-8(12)6-13-5-7;/h3-6,14H,2H2,1H3;/q;+1/p-1/b9-4-;. The molecule has 0 unspecified atom stereocenters. The number of aromatic nitrogens is 1. The van der Waals surface area contributed by atoms with Crippen molar-refractivity contribution in [3.63, 3.8) is 0 Å². The molecule has 0 radical (unpaired) electrons. The van der Waals surface area contributed by atoms with Gasteiger partial charge >= 0.3 is 24.8 Å². The summed E-state index contributed by atoms with van der Waals surface area (Å²) < 4.78 is 17.1. The van der Waals surface area contributed by atoms with Gasteiger partial charge in [-0.3, -0.25) is 9.78 Å². The molecule has 0 N–H and O–H groups in total. The van der Waals surface area contributed by atoms with Gasteiger partial charge in [0.2, 0.25) is 0 Å². The van der Waals surface area contributed by atoms with E-state index >= 15 is 0 Å². The van der Waals surface area contributed by atoms with Gasteiger partial charge in [0, 0.05) is 6.20 Å². The predicted molar refractivity (Wildman–Crippen MR) is 53.8 cm³/mol. The number of carbonyl (C=O) groups is 2. The number of hydrogen-bond acceptors (Lipinski definition) is 5. The SMILES string of the molecule is CCOC(=O)C(=O)/C=C(\[O-])c1cncc(F)c1.[Li+]. The Hall–Kier alpha value is -1.64. The number of ketones is 1. The van der Waals surface area contributed by atoms with Crippen molar-refractivity contribution in [2.24, 2.45) is 0 Å². The molecule has 0 aliphatic carbocycles. The first kappa shape index (κ1) is 16.4. The van der Waals surface area contributed by atoms with Crippen molar-refractivity contribution < 1.29 is 42.7 Å². The maximum Gasteiger partial charge on any atom is 1.00 e. The Morgan fingerprint density at radius 3 is 2.72 bits per heavy atom. The molecule has 18 heavy (non-hydrogen) atoms. The summed E-state index contributed by atoms with van der Waals surface area (Å²) in [5.74, 6) is -3.70. The van der Waals surface area contributed by atoms with E-state index in [1.54, 1.807) is 0 Å². The first-order chi connectivity index (χ1) is 8.04. The van der Waals surface area contributed by atoms with Crippen molar-refractivity contribution in [1.29, 1.82) is 0 Å². The molecule has 90 valence electrons. The summed E-state index contributed by atoms with van der Waals surface area (Å²) >= 11 is 0. The Morgan fingerprint density at radius 1 is 1.50 bits per heavy atom. The molecule has 0 saturated heterocycles. The van der Waals surface area contributed by atoms with Crippen LogP contribution in [0.15, 0.2) is 24.5 Å². The summed E-state index contributed by atoms with van der Waals surface area (Å²) in [6, 6.07) is 0.921. The molecule has 7 heteroatoms. The number of rotatable bonds is 4. The van der Waals surface area contributed by atoms with Crippen LogP contribution in [0, 0.1) is 5.82 Å². The molecule has 0 aromatic carbocycles. The molecular formula is C11H9FLiNO4. The Labute approximate surface area is 115 Å². The average molecular weight is 245 g/mol. The van der Waals surface area contributed by atoms with Gasteiger partial charge in [-0.25, -0.2) is 9.18 Å². The van der Waals surface area contributed by atoms with E-state index in [4.69, 9.17) is 0 Å². The Morgan fingerprint density at radius 2 is 2.17 bits per heavy atom. The zero-order valence-electron chi connectivity index (χ0n) is 9.97. The molecule has 1 aromatic rings. The maximum absolute atomic E-state index is 12.7. The number of hydrogen-bond donors (Lipinski definition) is 0. The Balaban J connectivity index is 0.00000289. The van der Waals surface area contributed by atoms with E-state index in [0.29, 0.717) is 6.08 Å². The van der Waals surface area contributed by atoms with Crippen molar-refractivity contribution in [2.45, 2.75) is 6.92 Å². The summed E-state index contributed by atoms with van der Waals surface area (Å²) in [5, 5.41) is 11.4. The van der Waals surface area contributed by atoms with E-state index in [2.05, 4.69) is 9.72 Å². The first-order valence-corrected chi connectivity index (χ1v) is 4.75. The van der Waals surface area contributed by atoms with Crippen LogP contribution in [0.4, 0.5) is 4.39 Å². The Kier molecular flexibility index (Phi) is 6.94. The monoisotopic (exact) mass is 245 g/mol. The molecule has 0 spiro atoms. The number of halogens is 1. The third kappa shape index (κ3) is 4.70. The summed E-state index contributed by atoms with van der Waals surface area (Å²) in [5.41, 5.74) is -0.109. The van der Waals surface area contributed by atoms with E-state index in [0.717, 1.165) is 18.5 Å². The minimum atomic E-state index is -1.12. The minimum Gasteiger partial charge on any atom is -0.872 e. The molecule has 0 atom stereocenters. The molecule has 1 aromatic heterocycles. The minimum absolute atomic E-state index is 0. The quantitative estimate of drug-likeness (QED) is 0.186. The van der Waals surface area contributed by atoms with Crippen molar-refractivity contribution in [2.75, 3.05) is 6.61 Å². The van der Waals surface area contributed by atoms with Gasteiger partial charge in [-0.15, -0.1) is 0 Å². The second kappa shape index (κ2) is 7.64. The van der Waals surface area contributed by atoms with Crippen LogP contribution in [0.25, 0.3) is 5.76 Å². The molecular weight excluding hydrogens is 236 g/mol. The molecule has 1 heterocycles. The molecule has 0 amide bonds. The van der Waals surface area contributed by atoms with E-state index in [1.165, 1.54) is 6.92 Å². The van der Waals surface area contributed by atoms with Crippen LogP contribution in [0.5, 0.6) is 0 Å². The van der Waals surface area contributed by atoms with Gasteiger partial charge < -0.3 is 9.84 Å². The number of esters is 1. The topological polar surface area (TPSA) is 79.3 Å². The summed E-state index contributed by atoms with van der Waals surface area (Å²) in [7, 11) is 0. The van der Waals surface area contributed by atoms with Gasteiger partial charge in [0.05, 0.1) is 12.8 Å². The molecule has 5 nitrogen and oxygen atoms in total. The van der Waals surface area contributed by atoms with Crippen LogP contribution in [0.1, 0.15) is 12.5 Å². The van der Waals surface area contributed by atoms with Crippen LogP contribution >= 0.6 is 0 Å². The molecule has 0 fully saturated rings. The fourth-order valence-corrected chi connectivity index (χ4v) is 1.01. The van der Waals surface area contributed by atoms with Crippen LogP contribution < -0.4 is 24.0 Å². The second-order valence-electron chi connectivity index (χ2n) is 2.99. The Bertz CT molecular complexity index is 476. The molecule has 0 aliphatic rings. The van der Waals surface area contributed by atoms with Crippen molar-refractivity contribution in [1.82, 2.24) is 4.98 Å². The second-order valence-corrected chi connectivity index (χ2v) is 2.99. The maximum atomic E-state index is 12.7. The van der Waals surface area contributed by atoms with E-state index < -0.39 is 23.3 Å². The third-order valence-corrected chi connectivity index (χ3v) is 1.73. The van der Waals surface area contributed by atoms with Crippen LogP contribution in [0.2, 0.25) is 0 Å². The number of nitrogens with zero attached hydrogens (tertiary/aromatic N) is 1. The van der Waals surface area contributed by atoms with Gasteiger partial charge in [0.1, 0.15) is 5.82 Å². The largest absolute Gasteiger partial charge is 1.00 e. The third-order valence-electron chi connectivity index (χ3n) is 1.73. The summed E-state index contributed by atoms with van der Waals surface area (Å²) in [4.78, 5) is 25.5. The van der Waals surface area contributed by atoms with E-state index in [9.17, 15) is 19.1 Å². The zero-order valence-corrected chi connectivity index (χ0v) is 9.97. The van der Waals surface area contributed by atoms with Crippen molar-refractivity contribution in [3.8, 4) is 0 Å².